The Hall–Kier alpha value is -1.98. The highest BCUT2D eigenvalue weighted by Gasteiger charge is 2.09. The number of para-hydroxylation sites is 2. The van der Waals surface area contributed by atoms with E-state index >= 15 is 0 Å². The standard InChI is InChI=1S/C14H9ClN4S/c15-13-9-5-6-20-14(9)18-12(17-13)7-19-8-16-10-3-1-2-4-11(10)19/h1-6,8H,7H2. The molecule has 0 amide bonds. The molecule has 4 rings (SSSR count). The molecule has 1 aromatic carbocycles. The van der Waals surface area contributed by atoms with E-state index in [1.165, 1.54) is 0 Å². The molecule has 0 aliphatic carbocycles. The number of fused-ring (bicyclic) bond motifs is 2. The number of aromatic nitrogens is 4. The van der Waals surface area contributed by atoms with Crippen molar-refractivity contribution in [2.75, 3.05) is 0 Å². The average Bonchev–Trinajstić information content (AvgIpc) is 3.07. The summed E-state index contributed by atoms with van der Waals surface area (Å²) in [5, 5.41) is 3.40. The van der Waals surface area contributed by atoms with Crippen LogP contribution < -0.4 is 0 Å². The molecule has 3 heterocycles. The Bertz CT molecular complexity index is 912. The van der Waals surface area contributed by atoms with Gasteiger partial charge in [-0.1, -0.05) is 23.7 Å². The third-order valence-electron chi connectivity index (χ3n) is 3.16. The van der Waals surface area contributed by atoms with Crippen molar-refractivity contribution in [3.63, 3.8) is 0 Å². The lowest BCUT2D eigenvalue weighted by Gasteiger charge is -2.04. The Balaban J connectivity index is 1.80. The average molecular weight is 301 g/mol. The third kappa shape index (κ3) is 1.87. The zero-order chi connectivity index (χ0) is 13.5. The highest BCUT2D eigenvalue weighted by molar-refractivity contribution is 7.16. The van der Waals surface area contributed by atoms with E-state index in [2.05, 4.69) is 15.0 Å². The number of nitrogens with zero attached hydrogens (tertiary/aromatic N) is 4. The van der Waals surface area contributed by atoms with Gasteiger partial charge in [0.2, 0.25) is 0 Å². The van der Waals surface area contributed by atoms with E-state index in [0.29, 0.717) is 17.5 Å². The second-order valence-corrected chi connectivity index (χ2v) is 5.68. The molecule has 98 valence electrons. The van der Waals surface area contributed by atoms with E-state index in [0.717, 1.165) is 21.3 Å². The number of hydrogen-bond donors (Lipinski definition) is 0. The monoisotopic (exact) mass is 300 g/mol. The minimum atomic E-state index is 0.510. The van der Waals surface area contributed by atoms with E-state index in [-0.39, 0.29) is 0 Å². The molecule has 0 unspecified atom stereocenters. The molecule has 0 aliphatic heterocycles. The van der Waals surface area contributed by atoms with Crippen molar-refractivity contribution in [2.24, 2.45) is 0 Å². The number of halogens is 1. The molecule has 0 fully saturated rings. The minimum absolute atomic E-state index is 0.510. The lowest BCUT2D eigenvalue weighted by Crippen LogP contribution is -2.03. The molecule has 0 saturated carbocycles. The molecule has 20 heavy (non-hydrogen) atoms. The highest BCUT2D eigenvalue weighted by Crippen LogP contribution is 2.25. The van der Waals surface area contributed by atoms with Crippen LogP contribution in [0.2, 0.25) is 5.15 Å². The maximum Gasteiger partial charge on any atom is 0.151 e. The molecular weight excluding hydrogens is 292 g/mol. The number of thiophene rings is 1. The van der Waals surface area contributed by atoms with E-state index < -0.39 is 0 Å². The zero-order valence-corrected chi connectivity index (χ0v) is 11.9. The topological polar surface area (TPSA) is 43.6 Å². The summed E-state index contributed by atoms with van der Waals surface area (Å²) >= 11 is 7.76. The van der Waals surface area contributed by atoms with Gasteiger partial charge in [0.25, 0.3) is 0 Å². The summed E-state index contributed by atoms with van der Waals surface area (Å²) in [6.45, 7) is 0.564. The van der Waals surface area contributed by atoms with Crippen LogP contribution in [-0.2, 0) is 6.54 Å². The molecule has 0 bridgehead atoms. The van der Waals surface area contributed by atoms with Crippen molar-refractivity contribution in [1.82, 2.24) is 19.5 Å². The van der Waals surface area contributed by atoms with Crippen LogP contribution in [0.15, 0.2) is 42.0 Å². The first-order valence-corrected chi connectivity index (χ1v) is 7.36. The number of rotatable bonds is 2. The lowest BCUT2D eigenvalue weighted by molar-refractivity contribution is 0.771. The largest absolute Gasteiger partial charge is 0.323 e. The summed E-state index contributed by atoms with van der Waals surface area (Å²) in [5.41, 5.74) is 2.04. The first-order valence-electron chi connectivity index (χ1n) is 6.11. The molecule has 4 aromatic rings. The van der Waals surface area contributed by atoms with Crippen molar-refractivity contribution in [2.45, 2.75) is 6.54 Å². The van der Waals surface area contributed by atoms with Gasteiger partial charge in [-0.25, -0.2) is 15.0 Å². The lowest BCUT2D eigenvalue weighted by atomic mass is 10.3. The van der Waals surface area contributed by atoms with Crippen molar-refractivity contribution < 1.29 is 0 Å². The third-order valence-corrected chi connectivity index (χ3v) is 4.26. The van der Waals surface area contributed by atoms with Gasteiger partial charge in [-0.3, -0.25) is 0 Å². The highest BCUT2D eigenvalue weighted by atomic mass is 35.5. The first kappa shape index (κ1) is 11.8. The van der Waals surface area contributed by atoms with E-state index in [1.807, 2.05) is 40.3 Å². The maximum atomic E-state index is 6.19. The van der Waals surface area contributed by atoms with Crippen LogP contribution in [0.5, 0.6) is 0 Å². The fourth-order valence-corrected chi connectivity index (χ4v) is 3.31. The van der Waals surface area contributed by atoms with Crippen LogP contribution in [-0.4, -0.2) is 19.5 Å². The molecule has 0 saturated heterocycles. The van der Waals surface area contributed by atoms with Gasteiger partial charge in [0.1, 0.15) is 9.98 Å². The van der Waals surface area contributed by atoms with Gasteiger partial charge in [0.05, 0.1) is 23.9 Å². The maximum absolute atomic E-state index is 6.19. The summed E-state index contributed by atoms with van der Waals surface area (Å²) in [7, 11) is 0. The zero-order valence-electron chi connectivity index (χ0n) is 10.3. The SMILES string of the molecule is Clc1nc(Cn2cnc3ccccc32)nc2sccc12. The fourth-order valence-electron chi connectivity index (χ4n) is 2.22. The molecule has 0 radical (unpaired) electrons. The number of imidazole rings is 1. The van der Waals surface area contributed by atoms with Crippen LogP contribution in [0.25, 0.3) is 21.3 Å². The predicted molar refractivity (Wildman–Crippen MR) is 81.3 cm³/mol. The molecule has 4 nitrogen and oxygen atoms in total. The normalized spacial score (nSPS) is 11.4. The van der Waals surface area contributed by atoms with Crippen LogP contribution in [0, 0.1) is 0 Å². The van der Waals surface area contributed by atoms with Crippen LogP contribution >= 0.6 is 22.9 Å². The van der Waals surface area contributed by atoms with Gasteiger partial charge < -0.3 is 4.57 Å². The quantitative estimate of drug-likeness (QED) is 0.530. The van der Waals surface area contributed by atoms with Crippen molar-refractivity contribution in [3.05, 3.63) is 53.0 Å². The summed E-state index contributed by atoms with van der Waals surface area (Å²) in [6, 6.07) is 9.94. The Morgan fingerprint density at radius 1 is 1.15 bits per heavy atom. The smallest absolute Gasteiger partial charge is 0.151 e. The summed E-state index contributed by atoms with van der Waals surface area (Å²) < 4.78 is 2.03. The molecule has 0 aliphatic rings. The van der Waals surface area contributed by atoms with Crippen molar-refractivity contribution >= 4 is 44.2 Å². The van der Waals surface area contributed by atoms with E-state index in [1.54, 1.807) is 17.7 Å². The molecule has 0 N–H and O–H groups in total. The van der Waals surface area contributed by atoms with Crippen LogP contribution in [0.3, 0.4) is 0 Å². The number of hydrogen-bond acceptors (Lipinski definition) is 4. The Labute approximate surface area is 123 Å². The van der Waals surface area contributed by atoms with Gasteiger partial charge in [0.15, 0.2) is 5.82 Å². The first-order chi connectivity index (χ1) is 9.81. The van der Waals surface area contributed by atoms with Gasteiger partial charge in [0, 0.05) is 5.39 Å². The summed E-state index contributed by atoms with van der Waals surface area (Å²) in [6.07, 6.45) is 1.81. The van der Waals surface area contributed by atoms with Crippen molar-refractivity contribution in [1.29, 1.82) is 0 Å². The molecule has 6 heteroatoms. The Kier molecular flexibility index (Phi) is 2.68. The van der Waals surface area contributed by atoms with Crippen LogP contribution in [0.1, 0.15) is 5.82 Å². The van der Waals surface area contributed by atoms with E-state index in [9.17, 15) is 0 Å². The second-order valence-electron chi connectivity index (χ2n) is 4.43. The van der Waals surface area contributed by atoms with Gasteiger partial charge in [-0.15, -0.1) is 11.3 Å². The summed E-state index contributed by atoms with van der Waals surface area (Å²) in [5.74, 6) is 0.702. The van der Waals surface area contributed by atoms with E-state index in [4.69, 9.17) is 11.6 Å². The second kappa shape index (κ2) is 4.54. The molecular formula is C14H9ClN4S. The molecule has 0 spiro atoms. The van der Waals surface area contributed by atoms with Gasteiger partial charge in [-0.2, -0.15) is 0 Å². The van der Waals surface area contributed by atoms with Crippen LogP contribution in [0.4, 0.5) is 0 Å². The van der Waals surface area contributed by atoms with Gasteiger partial charge >= 0.3 is 0 Å². The van der Waals surface area contributed by atoms with Crippen molar-refractivity contribution in [3.8, 4) is 0 Å². The minimum Gasteiger partial charge on any atom is -0.323 e. The molecule has 0 atom stereocenters. The fraction of sp³-hybridized carbons (Fsp3) is 0.0714. The summed E-state index contributed by atoms with van der Waals surface area (Å²) in [4.78, 5) is 14.2. The Morgan fingerprint density at radius 3 is 3.00 bits per heavy atom. The predicted octanol–water partition coefficient (Wildman–Crippen LogP) is 3.74. The number of benzene rings is 1. The Morgan fingerprint density at radius 2 is 2.05 bits per heavy atom. The van der Waals surface area contributed by atoms with Gasteiger partial charge in [-0.05, 0) is 23.6 Å². The molecule has 3 aromatic heterocycles.